The van der Waals surface area contributed by atoms with Gasteiger partial charge in [0.25, 0.3) is 0 Å². The van der Waals surface area contributed by atoms with E-state index < -0.39 is 17.9 Å². The van der Waals surface area contributed by atoms with E-state index in [0.29, 0.717) is 19.3 Å². The van der Waals surface area contributed by atoms with Crippen LogP contribution in [0.2, 0.25) is 0 Å². The molecule has 0 atom stereocenters. The summed E-state index contributed by atoms with van der Waals surface area (Å²) in [5.41, 5.74) is 0. The van der Waals surface area contributed by atoms with Crippen LogP contribution in [-0.2, 0) is 19.1 Å². The van der Waals surface area contributed by atoms with Crippen molar-refractivity contribution >= 4 is 11.9 Å². The maximum absolute atomic E-state index is 11.5. The minimum absolute atomic E-state index is 0.0153. The van der Waals surface area contributed by atoms with Gasteiger partial charge in [0.2, 0.25) is 0 Å². The fourth-order valence-electron chi connectivity index (χ4n) is 1.36. The summed E-state index contributed by atoms with van der Waals surface area (Å²) in [5, 5.41) is 19.5. The lowest BCUT2D eigenvalue weighted by Crippen LogP contribution is -2.39. The van der Waals surface area contributed by atoms with E-state index >= 15 is 0 Å². The average Bonchev–Trinajstić information content (AvgIpc) is 2.36. The molecule has 0 radical (unpaired) electrons. The molecular formula is C14H24O6. The molecule has 0 fully saturated rings. The molecule has 6 nitrogen and oxygen atoms in total. The third-order valence-electron chi connectivity index (χ3n) is 2.41. The molecule has 0 aliphatic carbocycles. The number of allylic oxidation sites excluding steroid dienone is 1. The molecule has 0 aromatic rings. The zero-order valence-electron chi connectivity index (χ0n) is 12.3. The number of aliphatic hydroxyl groups excluding tert-OH is 1. The monoisotopic (exact) mass is 288 g/mol. The topological polar surface area (TPSA) is 93.1 Å². The van der Waals surface area contributed by atoms with E-state index in [-0.39, 0.29) is 25.0 Å². The molecule has 0 aliphatic heterocycles. The van der Waals surface area contributed by atoms with Crippen LogP contribution in [0.4, 0.5) is 0 Å². The van der Waals surface area contributed by atoms with Crippen molar-refractivity contribution in [1.29, 1.82) is 0 Å². The Kier molecular flexibility index (Phi) is 8.63. The smallest absolute Gasteiger partial charge is 0.377 e. The van der Waals surface area contributed by atoms with Crippen molar-refractivity contribution in [2.45, 2.75) is 65.3 Å². The predicted molar refractivity (Wildman–Crippen MR) is 72.6 cm³/mol. The van der Waals surface area contributed by atoms with E-state index in [1.54, 1.807) is 20.8 Å². The zero-order chi connectivity index (χ0) is 15.6. The summed E-state index contributed by atoms with van der Waals surface area (Å²) in [7, 11) is 0. The molecule has 0 spiro atoms. The SMILES string of the molecule is CCCC(=O)OC(O)(C/C=C(\O)CC)OC(=O)CCC. The number of hydrogen-bond donors (Lipinski definition) is 2. The number of esters is 2. The van der Waals surface area contributed by atoms with Crippen LogP contribution >= 0.6 is 0 Å². The highest BCUT2D eigenvalue weighted by Gasteiger charge is 2.35. The van der Waals surface area contributed by atoms with Gasteiger partial charge in [0, 0.05) is 19.3 Å². The van der Waals surface area contributed by atoms with E-state index in [1.807, 2.05) is 0 Å². The fraction of sp³-hybridized carbons (Fsp3) is 0.714. The molecule has 0 unspecified atom stereocenters. The Morgan fingerprint density at radius 3 is 1.85 bits per heavy atom. The molecule has 0 bridgehead atoms. The van der Waals surface area contributed by atoms with Gasteiger partial charge in [-0.2, -0.15) is 0 Å². The van der Waals surface area contributed by atoms with Gasteiger partial charge in [-0.1, -0.05) is 20.8 Å². The van der Waals surface area contributed by atoms with E-state index in [4.69, 9.17) is 9.47 Å². The van der Waals surface area contributed by atoms with Crippen molar-refractivity contribution in [2.24, 2.45) is 0 Å². The molecule has 0 aromatic carbocycles. The fourth-order valence-corrected chi connectivity index (χ4v) is 1.36. The van der Waals surface area contributed by atoms with Crippen LogP contribution in [-0.4, -0.2) is 28.1 Å². The van der Waals surface area contributed by atoms with Crippen molar-refractivity contribution < 1.29 is 29.3 Å². The molecule has 0 aliphatic rings. The van der Waals surface area contributed by atoms with Crippen molar-refractivity contribution in [3.8, 4) is 0 Å². The van der Waals surface area contributed by atoms with Gasteiger partial charge >= 0.3 is 17.9 Å². The summed E-state index contributed by atoms with van der Waals surface area (Å²) >= 11 is 0. The number of hydrogen-bond acceptors (Lipinski definition) is 6. The highest BCUT2D eigenvalue weighted by Crippen LogP contribution is 2.19. The lowest BCUT2D eigenvalue weighted by Gasteiger charge is -2.26. The normalized spacial score (nSPS) is 12.1. The predicted octanol–water partition coefficient (Wildman–Crippen LogP) is 2.56. The highest BCUT2D eigenvalue weighted by atomic mass is 16.8. The van der Waals surface area contributed by atoms with Crippen LogP contribution < -0.4 is 0 Å². The summed E-state index contributed by atoms with van der Waals surface area (Å²) < 4.78 is 9.62. The number of rotatable bonds is 9. The largest absolute Gasteiger partial charge is 0.513 e. The Labute approximate surface area is 119 Å². The Morgan fingerprint density at radius 1 is 1.05 bits per heavy atom. The van der Waals surface area contributed by atoms with Gasteiger partial charge in [0.15, 0.2) is 0 Å². The molecule has 2 N–H and O–H groups in total. The van der Waals surface area contributed by atoms with Crippen LogP contribution in [0.1, 0.15) is 59.3 Å². The van der Waals surface area contributed by atoms with Gasteiger partial charge < -0.3 is 19.7 Å². The second-order valence-electron chi connectivity index (χ2n) is 4.41. The third kappa shape index (κ3) is 7.78. The van der Waals surface area contributed by atoms with Gasteiger partial charge in [-0.25, -0.2) is 0 Å². The Hall–Kier alpha value is -1.56. The average molecular weight is 288 g/mol. The Morgan fingerprint density at radius 2 is 1.50 bits per heavy atom. The van der Waals surface area contributed by atoms with Crippen LogP contribution in [0.3, 0.4) is 0 Å². The molecular weight excluding hydrogens is 264 g/mol. The molecule has 0 heterocycles. The van der Waals surface area contributed by atoms with E-state index in [1.165, 1.54) is 6.08 Å². The van der Waals surface area contributed by atoms with E-state index in [9.17, 15) is 19.8 Å². The first-order chi connectivity index (χ1) is 9.36. The standard InChI is InChI=1S/C14H24O6/c1-4-7-12(16)19-14(18,10-9-11(15)6-3)20-13(17)8-5-2/h9,15,18H,4-8,10H2,1-3H3/b11-9-. The Balaban J connectivity index is 4.82. The van der Waals surface area contributed by atoms with Crippen LogP contribution in [0.25, 0.3) is 0 Å². The minimum atomic E-state index is -2.36. The van der Waals surface area contributed by atoms with Gasteiger partial charge in [-0.3, -0.25) is 9.59 Å². The van der Waals surface area contributed by atoms with Crippen molar-refractivity contribution in [3.63, 3.8) is 0 Å². The van der Waals surface area contributed by atoms with Gasteiger partial charge in [-0.15, -0.1) is 0 Å². The summed E-state index contributed by atoms with van der Waals surface area (Å²) in [5.74, 6) is -3.67. The Bertz CT molecular complexity index is 328. The molecule has 0 saturated carbocycles. The number of carbonyl (C=O) groups excluding carboxylic acids is 2. The lowest BCUT2D eigenvalue weighted by atomic mass is 10.2. The van der Waals surface area contributed by atoms with Crippen LogP contribution in [0.15, 0.2) is 11.8 Å². The molecule has 20 heavy (non-hydrogen) atoms. The summed E-state index contributed by atoms with van der Waals surface area (Å²) in [6.45, 7) is 5.29. The van der Waals surface area contributed by atoms with Crippen molar-refractivity contribution in [2.75, 3.05) is 0 Å². The van der Waals surface area contributed by atoms with Gasteiger partial charge in [0.05, 0.1) is 12.2 Å². The number of ether oxygens (including phenoxy) is 2. The van der Waals surface area contributed by atoms with Crippen molar-refractivity contribution in [1.82, 2.24) is 0 Å². The maximum atomic E-state index is 11.5. The summed E-state index contributed by atoms with van der Waals surface area (Å²) in [6, 6.07) is 0. The minimum Gasteiger partial charge on any atom is -0.513 e. The second kappa shape index (κ2) is 9.36. The lowest BCUT2D eigenvalue weighted by molar-refractivity contribution is -0.323. The first-order valence-corrected chi connectivity index (χ1v) is 6.90. The highest BCUT2D eigenvalue weighted by molar-refractivity contribution is 5.71. The van der Waals surface area contributed by atoms with Crippen molar-refractivity contribution in [3.05, 3.63) is 11.8 Å². The zero-order valence-corrected chi connectivity index (χ0v) is 12.3. The molecule has 0 aromatic heterocycles. The second-order valence-corrected chi connectivity index (χ2v) is 4.41. The third-order valence-corrected chi connectivity index (χ3v) is 2.41. The molecule has 116 valence electrons. The van der Waals surface area contributed by atoms with Crippen LogP contribution in [0.5, 0.6) is 0 Å². The van der Waals surface area contributed by atoms with E-state index in [2.05, 4.69) is 0 Å². The first-order valence-electron chi connectivity index (χ1n) is 6.90. The maximum Gasteiger partial charge on any atom is 0.377 e. The molecule has 0 amide bonds. The molecule has 6 heteroatoms. The number of aliphatic hydroxyl groups is 2. The quantitative estimate of drug-likeness (QED) is 0.385. The molecule has 0 rings (SSSR count). The molecule has 0 saturated heterocycles. The van der Waals surface area contributed by atoms with Crippen LogP contribution in [0, 0.1) is 0 Å². The van der Waals surface area contributed by atoms with E-state index in [0.717, 1.165) is 0 Å². The first kappa shape index (κ1) is 18.4. The number of carbonyl (C=O) groups is 2. The summed E-state index contributed by atoms with van der Waals surface area (Å²) in [6.07, 6.45) is 2.63. The van der Waals surface area contributed by atoms with Gasteiger partial charge in [-0.05, 0) is 18.9 Å². The summed E-state index contributed by atoms with van der Waals surface area (Å²) in [4.78, 5) is 22.9. The van der Waals surface area contributed by atoms with Gasteiger partial charge in [0.1, 0.15) is 0 Å².